The Bertz CT molecular complexity index is 1170. The summed E-state index contributed by atoms with van der Waals surface area (Å²) in [5.41, 5.74) is 2.13. The number of fused-ring (bicyclic) bond motifs is 2. The molecule has 5 nitrogen and oxygen atoms in total. The van der Waals surface area contributed by atoms with Crippen LogP contribution >= 0.6 is 11.6 Å². The minimum atomic E-state index is -0.840. The molecule has 3 amide bonds. The van der Waals surface area contributed by atoms with Crippen LogP contribution in [0.3, 0.4) is 0 Å². The number of likely N-dealkylation sites (tertiary alicyclic amines) is 1. The Morgan fingerprint density at radius 1 is 0.943 bits per heavy atom. The third kappa shape index (κ3) is 3.70. The highest BCUT2D eigenvalue weighted by Crippen LogP contribution is 2.51. The topological polar surface area (TPSA) is 57.7 Å². The molecule has 0 radical (unpaired) electrons. The summed E-state index contributed by atoms with van der Waals surface area (Å²) >= 11 is 6.17. The SMILES string of the molecule is CC(C(=O)N1c2ccccc2C(C)(c2ccc(Cl)cc2)CC1(C)C)N1C(=O)C2CCCCC2C1=O. The Morgan fingerprint density at radius 3 is 2.11 bits per heavy atom. The van der Waals surface area contributed by atoms with Crippen molar-refractivity contribution < 1.29 is 14.4 Å². The van der Waals surface area contributed by atoms with E-state index in [-0.39, 0.29) is 35.0 Å². The van der Waals surface area contributed by atoms with Crippen molar-refractivity contribution in [1.82, 2.24) is 4.90 Å². The number of anilines is 1. The van der Waals surface area contributed by atoms with Gasteiger partial charge in [-0.15, -0.1) is 0 Å². The largest absolute Gasteiger partial charge is 0.305 e. The zero-order valence-corrected chi connectivity index (χ0v) is 21.6. The lowest BCUT2D eigenvalue weighted by molar-refractivity contribution is -0.147. The number of para-hydroxylation sites is 1. The Labute approximate surface area is 212 Å². The lowest BCUT2D eigenvalue weighted by Gasteiger charge is -2.52. The number of imide groups is 1. The van der Waals surface area contributed by atoms with E-state index in [0.717, 1.165) is 42.5 Å². The van der Waals surface area contributed by atoms with Gasteiger partial charge in [0.05, 0.1) is 11.8 Å². The van der Waals surface area contributed by atoms with Crippen LogP contribution in [-0.2, 0) is 19.8 Å². The van der Waals surface area contributed by atoms with Crippen molar-refractivity contribution in [1.29, 1.82) is 0 Å². The first-order valence-electron chi connectivity index (χ1n) is 12.6. The number of halogens is 1. The fourth-order valence-corrected chi connectivity index (χ4v) is 6.99. The zero-order valence-electron chi connectivity index (χ0n) is 20.9. The summed E-state index contributed by atoms with van der Waals surface area (Å²) in [4.78, 5) is 43.7. The lowest BCUT2D eigenvalue weighted by atomic mass is 9.65. The van der Waals surface area contributed by atoms with E-state index in [1.165, 1.54) is 4.90 Å². The minimum Gasteiger partial charge on any atom is -0.305 e. The van der Waals surface area contributed by atoms with Gasteiger partial charge in [0.15, 0.2) is 0 Å². The van der Waals surface area contributed by atoms with Crippen molar-refractivity contribution in [3.63, 3.8) is 0 Å². The molecule has 0 N–H and O–H groups in total. The Hall–Kier alpha value is -2.66. The van der Waals surface area contributed by atoms with Gasteiger partial charge in [-0.3, -0.25) is 19.3 Å². The second-order valence-electron chi connectivity index (χ2n) is 11.2. The molecular formula is C29H33ClN2O3. The summed E-state index contributed by atoms with van der Waals surface area (Å²) in [6.45, 7) is 8.05. The van der Waals surface area contributed by atoms with Gasteiger partial charge in [-0.25, -0.2) is 0 Å². The van der Waals surface area contributed by atoms with Crippen LogP contribution in [0.15, 0.2) is 48.5 Å². The maximum atomic E-state index is 14.1. The molecular weight excluding hydrogens is 460 g/mol. The average molecular weight is 493 g/mol. The molecule has 1 saturated carbocycles. The van der Waals surface area contributed by atoms with Gasteiger partial charge in [-0.2, -0.15) is 0 Å². The number of benzene rings is 2. The number of amides is 3. The molecule has 1 aliphatic carbocycles. The van der Waals surface area contributed by atoms with Crippen molar-refractivity contribution in [3.8, 4) is 0 Å². The van der Waals surface area contributed by atoms with Crippen LogP contribution in [0.1, 0.15) is 70.9 Å². The van der Waals surface area contributed by atoms with Crippen molar-refractivity contribution >= 4 is 35.0 Å². The first-order valence-corrected chi connectivity index (χ1v) is 13.0. The van der Waals surface area contributed by atoms with E-state index < -0.39 is 11.6 Å². The molecule has 4 atom stereocenters. The molecule has 5 rings (SSSR count). The van der Waals surface area contributed by atoms with Crippen LogP contribution in [0.2, 0.25) is 5.02 Å². The summed E-state index contributed by atoms with van der Waals surface area (Å²) in [6, 6.07) is 15.1. The lowest BCUT2D eigenvalue weighted by Crippen LogP contribution is -2.60. The van der Waals surface area contributed by atoms with E-state index in [0.29, 0.717) is 11.4 Å². The average Bonchev–Trinajstić information content (AvgIpc) is 3.08. The van der Waals surface area contributed by atoms with Crippen LogP contribution in [0.25, 0.3) is 0 Å². The standard InChI is InChI=1S/C29H33ClN2O3/c1-18(31-26(34)21-9-5-6-10-22(21)27(31)35)25(33)32-24-12-8-7-11-23(24)29(4,17-28(32,2)3)19-13-15-20(30)16-14-19/h7-8,11-16,18,21-22H,5-6,9-10,17H2,1-4H3. The molecule has 1 saturated heterocycles. The van der Waals surface area contributed by atoms with Gasteiger partial charge < -0.3 is 4.90 Å². The third-order valence-corrected chi connectivity index (χ3v) is 8.70. The van der Waals surface area contributed by atoms with Gasteiger partial charge in [0.1, 0.15) is 6.04 Å². The van der Waals surface area contributed by atoms with Gasteiger partial charge >= 0.3 is 0 Å². The van der Waals surface area contributed by atoms with Crippen molar-refractivity contribution in [3.05, 3.63) is 64.7 Å². The predicted molar refractivity (Wildman–Crippen MR) is 137 cm³/mol. The van der Waals surface area contributed by atoms with Crippen LogP contribution in [0, 0.1) is 11.8 Å². The smallest absolute Gasteiger partial charge is 0.250 e. The van der Waals surface area contributed by atoms with E-state index in [1.54, 1.807) is 6.92 Å². The summed E-state index contributed by atoms with van der Waals surface area (Å²) in [5.74, 6) is -1.08. The second-order valence-corrected chi connectivity index (χ2v) is 11.7. The monoisotopic (exact) mass is 492 g/mol. The molecule has 0 spiro atoms. The van der Waals surface area contributed by atoms with Crippen molar-refractivity contribution in [2.75, 3.05) is 4.90 Å². The van der Waals surface area contributed by atoms with Crippen LogP contribution in [0.4, 0.5) is 5.69 Å². The van der Waals surface area contributed by atoms with Crippen LogP contribution < -0.4 is 4.90 Å². The van der Waals surface area contributed by atoms with E-state index in [9.17, 15) is 14.4 Å². The number of carbonyl (C=O) groups is 3. The predicted octanol–water partition coefficient (Wildman–Crippen LogP) is 5.73. The Morgan fingerprint density at radius 2 is 1.51 bits per heavy atom. The number of hydrogen-bond donors (Lipinski definition) is 0. The Kier molecular flexibility index (Phi) is 5.83. The maximum Gasteiger partial charge on any atom is 0.250 e. The summed E-state index contributed by atoms with van der Waals surface area (Å²) in [6.07, 6.45) is 4.09. The molecule has 2 aromatic rings. The van der Waals surface area contributed by atoms with E-state index in [2.05, 4.69) is 39.0 Å². The van der Waals surface area contributed by atoms with Crippen molar-refractivity contribution in [2.24, 2.45) is 11.8 Å². The molecule has 2 heterocycles. The fourth-order valence-electron chi connectivity index (χ4n) is 6.86. The quantitative estimate of drug-likeness (QED) is 0.514. The molecule has 2 fully saturated rings. The van der Waals surface area contributed by atoms with Gasteiger partial charge in [0.2, 0.25) is 11.8 Å². The normalized spacial score (nSPS) is 28.5. The molecule has 3 aliphatic rings. The van der Waals surface area contributed by atoms with Crippen LogP contribution in [0.5, 0.6) is 0 Å². The summed E-state index contributed by atoms with van der Waals surface area (Å²) < 4.78 is 0. The van der Waals surface area contributed by atoms with Gasteiger partial charge in [-0.1, -0.05) is 61.7 Å². The summed E-state index contributed by atoms with van der Waals surface area (Å²) in [5, 5.41) is 0.687. The number of rotatable bonds is 3. The first-order chi connectivity index (χ1) is 16.6. The van der Waals surface area contributed by atoms with E-state index in [4.69, 9.17) is 11.6 Å². The zero-order chi connectivity index (χ0) is 25.1. The molecule has 0 bridgehead atoms. The van der Waals surface area contributed by atoms with Gasteiger partial charge in [-0.05, 0) is 69.4 Å². The second kappa shape index (κ2) is 8.48. The van der Waals surface area contributed by atoms with Gasteiger partial charge in [0, 0.05) is 21.7 Å². The molecule has 184 valence electrons. The fraction of sp³-hybridized carbons (Fsp3) is 0.483. The molecule has 35 heavy (non-hydrogen) atoms. The molecule has 2 aliphatic heterocycles. The highest BCUT2D eigenvalue weighted by molar-refractivity contribution is 6.30. The molecule has 4 unspecified atom stereocenters. The Balaban J connectivity index is 1.54. The number of carbonyl (C=O) groups excluding carboxylic acids is 3. The highest BCUT2D eigenvalue weighted by Gasteiger charge is 2.54. The number of hydrogen-bond acceptors (Lipinski definition) is 3. The maximum absolute atomic E-state index is 14.1. The van der Waals surface area contributed by atoms with Crippen LogP contribution in [-0.4, -0.2) is 34.2 Å². The third-order valence-electron chi connectivity index (χ3n) is 8.45. The minimum absolute atomic E-state index is 0.172. The molecule has 0 aromatic heterocycles. The van der Waals surface area contributed by atoms with E-state index >= 15 is 0 Å². The molecule has 6 heteroatoms. The first kappa shape index (κ1) is 24.1. The number of nitrogens with zero attached hydrogens (tertiary/aromatic N) is 2. The van der Waals surface area contributed by atoms with Crippen molar-refractivity contribution in [2.45, 2.75) is 76.8 Å². The van der Waals surface area contributed by atoms with Gasteiger partial charge in [0.25, 0.3) is 5.91 Å². The van der Waals surface area contributed by atoms with E-state index in [1.807, 2.05) is 35.2 Å². The summed E-state index contributed by atoms with van der Waals surface area (Å²) in [7, 11) is 0. The highest BCUT2D eigenvalue weighted by atomic mass is 35.5. The molecule has 2 aromatic carbocycles.